The summed E-state index contributed by atoms with van der Waals surface area (Å²) in [6.45, 7) is 6.19. The number of hydrogen-bond donors (Lipinski definition) is 1. The van der Waals surface area contributed by atoms with Crippen LogP contribution in [-0.4, -0.2) is 59.1 Å². The second-order valence-electron chi connectivity index (χ2n) is 12.5. The number of likely N-dealkylation sites (N-methyl/N-ethyl adjacent to an activating group) is 1. The lowest BCUT2D eigenvalue weighted by Gasteiger charge is -2.60. The maximum Gasteiger partial charge on any atom is 0.298 e. The fourth-order valence-electron chi connectivity index (χ4n) is 8.37. The number of nitrogens with zero attached hydrogens (tertiary/aromatic N) is 2. The predicted octanol–water partition coefficient (Wildman–Crippen LogP) is 5.17. The molecule has 3 aromatic carbocycles. The zero-order valence-electron chi connectivity index (χ0n) is 24.2. The number of ether oxygens (including phenoxy) is 1. The number of aryl methyl sites for hydroxylation is 2. The van der Waals surface area contributed by atoms with Crippen molar-refractivity contribution in [1.29, 1.82) is 0 Å². The molecule has 5 nitrogen and oxygen atoms in total. The molecule has 2 bridgehead atoms. The van der Waals surface area contributed by atoms with Crippen molar-refractivity contribution in [2.45, 2.75) is 69.6 Å². The first-order valence-corrected chi connectivity index (χ1v) is 15.0. The van der Waals surface area contributed by atoms with Crippen molar-refractivity contribution in [2.75, 3.05) is 20.1 Å². The van der Waals surface area contributed by atoms with Crippen molar-refractivity contribution >= 4 is 5.91 Å². The van der Waals surface area contributed by atoms with Gasteiger partial charge in [-0.2, -0.15) is 0 Å². The van der Waals surface area contributed by atoms with Gasteiger partial charge in [0.15, 0.2) is 11.5 Å². The Hall–Kier alpha value is -3.75. The lowest BCUT2D eigenvalue weighted by Crippen LogP contribution is -2.69. The van der Waals surface area contributed by atoms with Crippen LogP contribution in [0.15, 0.2) is 60.7 Å². The van der Waals surface area contributed by atoms with Crippen LogP contribution in [-0.2, 0) is 23.1 Å². The molecule has 2 aliphatic carbocycles. The minimum Gasteiger partial charge on any atom is -0.504 e. The van der Waals surface area contributed by atoms with Crippen LogP contribution in [0.5, 0.6) is 11.5 Å². The molecule has 1 amide bonds. The van der Waals surface area contributed by atoms with Gasteiger partial charge < -0.3 is 14.7 Å². The summed E-state index contributed by atoms with van der Waals surface area (Å²) in [6.07, 6.45) is 4.74. The molecule has 5 heteroatoms. The molecule has 1 saturated carbocycles. The largest absolute Gasteiger partial charge is 0.504 e. The monoisotopic (exact) mass is 546 g/mol. The average molecular weight is 547 g/mol. The number of aromatic hydroxyl groups is 1. The maximum atomic E-state index is 13.4. The Labute approximate surface area is 243 Å². The number of phenolic OH excluding ortho intramolecular Hbond substituents is 1. The lowest BCUT2D eigenvalue weighted by molar-refractivity contribution is -0.134. The van der Waals surface area contributed by atoms with Crippen LogP contribution in [0.3, 0.4) is 0 Å². The molecule has 41 heavy (non-hydrogen) atoms. The molecular formula is C36H38N2O3. The third kappa shape index (κ3) is 4.15. The molecular weight excluding hydrogens is 508 g/mol. The van der Waals surface area contributed by atoms with E-state index in [1.807, 2.05) is 30.1 Å². The van der Waals surface area contributed by atoms with E-state index in [-0.39, 0.29) is 29.2 Å². The molecule has 210 valence electrons. The van der Waals surface area contributed by atoms with Gasteiger partial charge in [-0.15, -0.1) is 0 Å². The first-order chi connectivity index (χ1) is 19.9. The van der Waals surface area contributed by atoms with Gasteiger partial charge in [-0.1, -0.05) is 48.4 Å². The van der Waals surface area contributed by atoms with Crippen LogP contribution in [0.25, 0.3) is 0 Å². The van der Waals surface area contributed by atoms with Gasteiger partial charge in [0.05, 0.1) is 6.04 Å². The van der Waals surface area contributed by atoms with E-state index in [4.69, 9.17) is 4.74 Å². The number of amides is 1. The van der Waals surface area contributed by atoms with Gasteiger partial charge in [0.1, 0.15) is 6.10 Å². The number of benzene rings is 3. The van der Waals surface area contributed by atoms with Crippen molar-refractivity contribution in [2.24, 2.45) is 5.92 Å². The fourth-order valence-corrected chi connectivity index (χ4v) is 8.37. The molecule has 2 heterocycles. The molecule has 1 spiro atoms. The van der Waals surface area contributed by atoms with Crippen LogP contribution < -0.4 is 4.74 Å². The summed E-state index contributed by atoms with van der Waals surface area (Å²) < 4.78 is 6.74. The quantitative estimate of drug-likeness (QED) is 0.459. The fraction of sp³-hybridized carbons (Fsp3) is 0.417. The Morgan fingerprint density at radius 2 is 1.93 bits per heavy atom. The predicted molar refractivity (Wildman–Crippen MR) is 160 cm³/mol. The summed E-state index contributed by atoms with van der Waals surface area (Å²) in [5.41, 5.74) is 6.96. The van der Waals surface area contributed by atoms with Crippen LogP contribution in [0, 0.1) is 31.6 Å². The van der Waals surface area contributed by atoms with Crippen LogP contribution in [0.4, 0.5) is 0 Å². The normalized spacial score (nSPS) is 27.3. The number of likely N-dealkylation sites (tertiary alicyclic amines) is 1. The minimum atomic E-state index is -0.186. The standard InChI is InChI=1S/C36H38N2O3/c1-23-9-10-26(21-24(23)2)11-16-32(40)37(3)29-14-13-28-30-22-27-12-15-31(39)34-33(27)36(28,35(29)41-34)18-20-38(30)19-17-25-7-5-4-6-8-25/h4-10,12,15,21,28-30,35,39H,13-14,17-20,22H2,1-3H3/t28-,29+,30+,35-,36-/m0/s1. The summed E-state index contributed by atoms with van der Waals surface area (Å²) in [4.78, 5) is 18.0. The zero-order valence-corrected chi connectivity index (χ0v) is 24.2. The highest BCUT2D eigenvalue weighted by molar-refractivity contribution is 5.94. The molecule has 0 radical (unpaired) electrons. The van der Waals surface area contributed by atoms with E-state index in [0.29, 0.717) is 17.7 Å². The van der Waals surface area contributed by atoms with Crippen LogP contribution in [0.1, 0.15) is 52.6 Å². The SMILES string of the molecule is Cc1ccc(C#CC(=O)N(C)[C@@H]2CC[C@H]3[C@H]4Cc5ccc(O)c6c5[C@@]3(CCN4CCc3ccccc3)[C@H]2O6)cc1C. The molecule has 3 aromatic rings. The van der Waals surface area contributed by atoms with E-state index in [1.54, 1.807) is 6.07 Å². The molecule has 4 aliphatic rings. The summed E-state index contributed by atoms with van der Waals surface area (Å²) in [5.74, 6) is 7.14. The molecule has 2 aliphatic heterocycles. The Kier molecular flexibility index (Phi) is 6.36. The topological polar surface area (TPSA) is 53.0 Å². The smallest absolute Gasteiger partial charge is 0.298 e. The Morgan fingerprint density at radius 1 is 1.10 bits per heavy atom. The third-order valence-corrected chi connectivity index (χ3v) is 10.6. The molecule has 7 rings (SSSR count). The molecule has 1 N–H and O–H groups in total. The zero-order chi connectivity index (χ0) is 28.3. The maximum absolute atomic E-state index is 13.4. The first-order valence-electron chi connectivity index (χ1n) is 15.0. The third-order valence-electron chi connectivity index (χ3n) is 10.6. The van der Waals surface area contributed by atoms with Gasteiger partial charge in [0, 0.05) is 42.1 Å². The van der Waals surface area contributed by atoms with E-state index < -0.39 is 0 Å². The highest BCUT2D eigenvalue weighted by atomic mass is 16.5. The summed E-state index contributed by atoms with van der Waals surface area (Å²) in [7, 11) is 1.88. The molecule has 0 aromatic heterocycles. The van der Waals surface area contributed by atoms with Gasteiger partial charge >= 0.3 is 0 Å². The first kappa shape index (κ1) is 26.2. The van der Waals surface area contributed by atoms with E-state index in [9.17, 15) is 9.90 Å². The van der Waals surface area contributed by atoms with E-state index in [2.05, 4.69) is 67.0 Å². The van der Waals surface area contributed by atoms with Gasteiger partial charge in [0.2, 0.25) is 0 Å². The second-order valence-corrected chi connectivity index (χ2v) is 12.5. The van der Waals surface area contributed by atoms with Crippen molar-refractivity contribution in [1.82, 2.24) is 9.80 Å². The van der Waals surface area contributed by atoms with Crippen molar-refractivity contribution < 1.29 is 14.6 Å². The highest BCUT2D eigenvalue weighted by Gasteiger charge is 2.66. The van der Waals surface area contributed by atoms with E-state index in [0.717, 1.165) is 50.8 Å². The summed E-state index contributed by atoms with van der Waals surface area (Å²) in [5, 5.41) is 10.9. The van der Waals surface area contributed by atoms with Gasteiger partial charge in [0.25, 0.3) is 5.91 Å². The van der Waals surface area contributed by atoms with E-state index >= 15 is 0 Å². The number of carbonyl (C=O) groups excluding carboxylic acids is 1. The summed E-state index contributed by atoms with van der Waals surface area (Å²) in [6, 6.07) is 21.1. The van der Waals surface area contributed by atoms with Gasteiger partial charge in [-0.3, -0.25) is 9.69 Å². The second kappa shape index (κ2) is 9.96. The number of hydrogen-bond acceptors (Lipinski definition) is 4. The Balaban J connectivity index is 1.18. The summed E-state index contributed by atoms with van der Waals surface area (Å²) >= 11 is 0. The average Bonchev–Trinajstić information content (AvgIpc) is 3.34. The van der Waals surface area contributed by atoms with Crippen LogP contribution in [0.2, 0.25) is 0 Å². The van der Waals surface area contributed by atoms with Crippen molar-refractivity contribution in [3.05, 3.63) is 94.0 Å². The highest BCUT2D eigenvalue weighted by Crippen LogP contribution is 2.64. The van der Waals surface area contributed by atoms with Gasteiger partial charge in [-0.05, 0) is 98.9 Å². The Morgan fingerprint density at radius 3 is 2.73 bits per heavy atom. The number of carbonyl (C=O) groups is 1. The molecule has 0 unspecified atom stereocenters. The Bertz CT molecular complexity index is 1570. The van der Waals surface area contributed by atoms with Crippen molar-refractivity contribution in [3.63, 3.8) is 0 Å². The number of piperidine rings is 1. The lowest BCUT2D eigenvalue weighted by atomic mass is 9.51. The minimum absolute atomic E-state index is 0.0953. The molecule has 5 atom stereocenters. The molecule has 2 fully saturated rings. The van der Waals surface area contributed by atoms with Crippen LogP contribution >= 0.6 is 0 Å². The van der Waals surface area contributed by atoms with Gasteiger partial charge in [-0.25, -0.2) is 0 Å². The number of rotatable bonds is 4. The van der Waals surface area contributed by atoms with E-state index in [1.165, 1.54) is 27.8 Å². The van der Waals surface area contributed by atoms with Crippen molar-refractivity contribution in [3.8, 4) is 23.3 Å². The molecule has 1 saturated heterocycles. The number of phenols is 1.